The Hall–Kier alpha value is -2.33. The van der Waals surface area contributed by atoms with Gasteiger partial charge in [-0.2, -0.15) is 0 Å². The van der Waals surface area contributed by atoms with E-state index in [1.165, 1.54) is 24.3 Å². The molecule has 0 radical (unpaired) electrons. The number of anilines is 1. The maximum absolute atomic E-state index is 12.9. The number of phenols is 1. The first-order valence-corrected chi connectivity index (χ1v) is 6.15. The summed E-state index contributed by atoms with van der Waals surface area (Å²) in [6.07, 6.45) is 2.76. The second-order valence-electron chi connectivity index (χ2n) is 4.04. The fraction of sp³-hybridized carbons (Fsp3) is 0. The number of hydrogen-bond donors (Lipinski definition) is 2. The van der Waals surface area contributed by atoms with Gasteiger partial charge in [0.05, 0.1) is 0 Å². The van der Waals surface area contributed by atoms with Crippen LogP contribution < -0.4 is 5.32 Å². The van der Waals surface area contributed by atoms with Crippen molar-refractivity contribution in [3.8, 4) is 5.75 Å². The van der Waals surface area contributed by atoms with Gasteiger partial charge in [0.25, 0.3) is 0 Å². The summed E-state index contributed by atoms with van der Waals surface area (Å²) in [7, 11) is 0. The lowest BCUT2D eigenvalue weighted by molar-refractivity contribution is -0.111. The third-order valence-corrected chi connectivity index (χ3v) is 2.72. The van der Waals surface area contributed by atoms with Crippen molar-refractivity contribution in [2.75, 3.05) is 5.32 Å². The van der Waals surface area contributed by atoms with Gasteiger partial charge < -0.3 is 10.4 Å². The Morgan fingerprint density at radius 3 is 2.75 bits per heavy atom. The van der Waals surface area contributed by atoms with Crippen LogP contribution in [0.15, 0.2) is 48.5 Å². The molecule has 0 aliphatic carbocycles. The fourth-order valence-corrected chi connectivity index (χ4v) is 1.75. The van der Waals surface area contributed by atoms with E-state index in [0.717, 1.165) is 6.07 Å². The highest BCUT2D eigenvalue weighted by Crippen LogP contribution is 2.18. The third kappa shape index (κ3) is 3.83. The maximum atomic E-state index is 12.9. The summed E-state index contributed by atoms with van der Waals surface area (Å²) < 4.78 is 12.9. The monoisotopic (exact) mass is 291 g/mol. The molecule has 2 N–H and O–H groups in total. The van der Waals surface area contributed by atoms with Crippen LogP contribution in [0.3, 0.4) is 0 Å². The van der Waals surface area contributed by atoms with Gasteiger partial charge >= 0.3 is 0 Å². The lowest BCUT2D eigenvalue weighted by atomic mass is 10.2. The van der Waals surface area contributed by atoms with E-state index in [2.05, 4.69) is 5.32 Å². The summed E-state index contributed by atoms with van der Waals surface area (Å²) in [5, 5.41) is 12.4. The van der Waals surface area contributed by atoms with E-state index in [1.54, 1.807) is 24.3 Å². The minimum Gasteiger partial charge on any atom is -0.505 e. The van der Waals surface area contributed by atoms with Crippen molar-refractivity contribution in [1.82, 2.24) is 0 Å². The Labute approximate surface area is 120 Å². The Kier molecular flexibility index (Phi) is 4.38. The number of halogens is 2. The quantitative estimate of drug-likeness (QED) is 0.844. The standard InChI is InChI=1S/C15H11ClFNO2/c16-11-2-1-3-12(9-11)18-15(20)7-5-10-4-6-13(17)14(19)8-10/h1-9,19H,(H,18,20)/b7-5+. The van der Waals surface area contributed by atoms with Crippen molar-refractivity contribution in [3.05, 3.63) is 64.9 Å². The van der Waals surface area contributed by atoms with Crippen LogP contribution >= 0.6 is 11.6 Å². The summed E-state index contributed by atoms with van der Waals surface area (Å²) >= 11 is 5.80. The second kappa shape index (κ2) is 6.21. The number of benzene rings is 2. The SMILES string of the molecule is O=C(/C=C/c1ccc(F)c(O)c1)Nc1cccc(Cl)c1. The van der Waals surface area contributed by atoms with E-state index in [4.69, 9.17) is 11.6 Å². The fourth-order valence-electron chi connectivity index (χ4n) is 1.56. The minimum absolute atomic E-state index is 0.351. The van der Waals surface area contributed by atoms with Crippen molar-refractivity contribution in [1.29, 1.82) is 0 Å². The molecule has 0 aliphatic heterocycles. The molecule has 2 aromatic carbocycles. The molecule has 0 bridgehead atoms. The molecule has 0 heterocycles. The zero-order chi connectivity index (χ0) is 14.5. The van der Waals surface area contributed by atoms with Crippen molar-refractivity contribution in [2.45, 2.75) is 0 Å². The van der Waals surface area contributed by atoms with Crippen LogP contribution in [-0.4, -0.2) is 11.0 Å². The third-order valence-electron chi connectivity index (χ3n) is 2.49. The summed E-state index contributed by atoms with van der Waals surface area (Å²) in [6.45, 7) is 0. The highest BCUT2D eigenvalue weighted by molar-refractivity contribution is 6.30. The number of phenolic OH excluding ortho intramolecular Hbond substituents is 1. The van der Waals surface area contributed by atoms with E-state index in [9.17, 15) is 14.3 Å². The number of nitrogens with one attached hydrogen (secondary N) is 1. The van der Waals surface area contributed by atoms with Gasteiger partial charge in [-0.05, 0) is 42.0 Å². The van der Waals surface area contributed by atoms with Crippen LogP contribution in [0.2, 0.25) is 5.02 Å². The van der Waals surface area contributed by atoms with Gasteiger partial charge in [-0.15, -0.1) is 0 Å². The highest BCUT2D eigenvalue weighted by atomic mass is 35.5. The number of carbonyl (C=O) groups excluding carboxylic acids is 1. The molecular weight excluding hydrogens is 281 g/mol. The number of hydrogen-bond acceptors (Lipinski definition) is 2. The average Bonchev–Trinajstić information content (AvgIpc) is 2.40. The Balaban J connectivity index is 2.03. The summed E-state index contributed by atoms with van der Waals surface area (Å²) in [5.74, 6) is -1.51. The number of amides is 1. The molecule has 0 aliphatic rings. The van der Waals surface area contributed by atoms with E-state index in [-0.39, 0.29) is 5.91 Å². The van der Waals surface area contributed by atoms with Gasteiger partial charge in [-0.1, -0.05) is 23.7 Å². The van der Waals surface area contributed by atoms with Gasteiger partial charge in [-0.25, -0.2) is 4.39 Å². The normalized spacial score (nSPS) is 10.7. The molecule has 20 heavy (non-hydrogen) atoms. The molecule has 0 spiro atoms. The van der Waals surface area contributed by atoms with Gasteiger partial charge in [-0.3, -0.25) is 4.79 Å². The van der Waals surface area contributed by atoms with Crippen LogP contribution in [0.1, 0.15) is 5.56 Å². The average molecular weight is 292 g/mol. The highest BCUT2D eigenvalue weighted by Gasteiger charge is 2.01. The number of aromatic hydroxyl groups is 1. The van der Waals surface area contributed by atoms with Crippen molar-refractivity contribution in [3.63, 3.8) is 0 Å². The molecule has 1 amide bonds. The molecule has 0 aromatic heterocycles. The van der Waals surface area contributed by atoms with Gasteiger partial charge in [0.1, 0.15) is 0 Å². The van der Waals surface area contributed by atoms with E-state index < -0.39 is 11.6 Å². The van der Waals surface area contributed by atoms with Crippen LogP contribution in [0.4, 0.5) is 10.1 Å². The molecule has 0 saturated heterocycles. The number of rotatable bonds is 3. The Morgan fingerprint density at radius 1 is 1.25 bits per heavy atom. The maximum Gasteiger partial charge on any atom is 0.248 e. The summed E-state index contributed by atoms with van der Waals surface area (Å²) in [6, 6.07) is 10.6. The van der Waals surface area contributed by atoms with Gasteiger partial charge in [0.2, 0.25) is 5.91 Å². The Bertz CT molecular complexity index is 671. The summed E-state index contributed by atoms with van der Waals surface area (Å²) in [5.41, 5.74) is 1.10. The molecule has 5 heteroatoms. The first kappa shape index (κ1) is 14.1. The van der Waals surface area contributed by atoms with Crippen LogP contribution in [0, 0.1) is 5.82 Å². The van der Waals surface area contributed by atoms with Crippen LogP contribution in [0.5, 0.6) is 5.75 Å². The molecule has 102 valence electrons. The predicted molar refractivity (Wildman–Crippen MR) is 77.2 cm³/mol. The molecule has 0 saturated carbocycles. The van der Waals surface area contributed by atoms with E-state index in [1.807, 2.05) is 0 Å². The van der Waals surface area contributed by atoms with Crippen molar-refractivity contribution < 1.29 is 14.3 Å². The minimum atomic E-state index is -0.703. The van der Waals surface area contributed by atoms with Crippen LogP contribution in [0.25, 0.3) is 6.08 Å². The molecule has 2 aromatic rings. The lowest BCUT2D eigenvalue weighted by Gasteiger charge is -2.02. The Morgan fingerprint density at radius 2 is 2.05 bits per heavy atom. The number of carbonyl (C=O) groups is 1. The molecule has 0 unspecified atom stereocenters. The van der Waals surface area contributed by atoms with Crippen molar-refractivity contribution in [2.24, 2.45) is 0 Å². The summed E-state index contributed by atoms with van der Waals surface area (Å²) in [4.78, 5) is 11.7. The molecule has 2 rings (SSSR count). The molecule has 0 atom stereocenters. The lowest BCUT2D eigenvalue weighted by Crippen LogP contribution is -2.07. The first-order chi connectivity index (χ1) is 9.54. The predicted octanol–water partition coefficient (Wildman–Crippen LogP) is 3.84. The molecule has 0 fully saturated rings. The van der Waals surface area contributed by atoms with Crippen LogP contribution in [-0.2, 0) is 4.79 Å². The van der Waals surface area contributed by atoms with Gasteiger partial charge in [0.15, 0.2) is 11.6 Å². The largest absolute Gasteiger partial charge is 0.505 e. The van der Waals surface area contributed by atoms with Gasteiger partial charge in [0, 0.05) is 16.8 Å². The van der Waals surface area contributed by atoms with E-state index in [0.29, 0.717) is 16.3 Å². The van der Waals surface area contributed by atoms with E-state index >= 15 is 0 Å². The molecule has 3 nitrogen and oxygen atoms in total. The van der Waals surface area contributed by atoms with Crippen molar-refractivity contribution >= 4 is 29.3 Å². The zero-order valence-corrected chi connectivity index (χ0v) is 11.1. The smallest absolute Gasteiger partial charge is 0.248 e. The second-order valence-corrected chi connectivity index (χ2v) is 4.48. The first-order valence-electron chi connectivity index (χ1n) is 5.78. The molecular formula is C15H11ClFNO2. The topological polar surface area (TPSA) is 49.3 Å². The zero-order valence-electron chi connectivity index (χ0n) is 10.3.